The fourth-order valence-corrected chi connectivity index (χ4v) is 3.14. The summed E-state index contributed by atoms with van der Waals surface area (Å²) in [6.45, 7) is 4.30. The van der Waals surface area contributed by atoms with Gasteiger partial charge in [0, 0.05) is 5.54 Å². The van der Waals surface area contributed by atoms with Crippen LogP contribution in [0.1, 0.15) is 56.6 Å². The smallest absolute Gasteiger partial charge is 0.140 e. The van der Waals surface area contributed by atoms with Gasteiger partial charge in [-0.3, -0.25) is 0 Å². The molecule has 0 saturated heterocycles. The first-order chi connectivity index (χ1) is 8.48. The number of nitrogens with two attached hydrogens (primary N) is 1. The second-order valence-electron chi connectivity index (χ2n) is 5.60. The number of hydrogen-bond donors (Lipinski definition) is 1. The topological polar surface area (TPSA) is 35.2 Å². The van der Waals surface area contributed by atoms with Crippen LogP contribution in [-0.4, -0.2) is 7.11 Å². The van der Waals surface area contributed by atoms with Crippen molar-refractivity contribution in [2.24, 2.45) is 5.73 Å². The van der Waals surface area contributed by atoms with Gasteiger partial charge in [0.25, 0.3) is 0 Å². The molecule has 1 fully saturated rings. The molecule has 2 N–H and O–H groups in total. The summed E-state index contributed by atoms with van der Waals surface area (Å²) in [5.41, 5.74) is 8.63. The lowest BCUT2D eigenvalue weighted by atomic mass is 9.86. The van der Waals surface area contributed by atoms with Crippen LogP contribution in [0.4, 0.5) is 0 Å². The van der Waals surface area contributed by atoms with Crippen LogP contribution in [0.2, 0.25) is 5.02 Å². The normalized spacial score (nSPS) is 18.3. The Morgan fingerprint density at radius 1 is 1.28 bits per heavy atom. The van der Waals surface area contributed by atoms with E-state index >= 15 is 0 Å². The molecule has 0 unspecified atom stereocenters. The Kier molecular flexibility index (Phi) is 3.88. The molecule has 2 rings (SSSR count). The van der Waals surface area contributed by atoms with E-state index in [4.69, 9.17) is 22.1 Å². The zero-order valence-electron chi connectivity index (χ0n) is 11.4. The van der Waals surface area contributed by atoms with E-state index in [0.717, 1.165) is 29.7 Å². The molecule has 0 bridgehead atoms. The standard InChI is InChI=1S/C15H22ClNO/c1-10(2)12-8-11(9-13(16)14(12)18-3)15(17)6-4-5-7-15/h8-10H,4-7,17H2,1-3H3. The fourth-order valence-electron chi connectivity index (χ4n) is 2.84. The van der Waals surface area contributed by atoms with E-state index in [-0.39, 0.29) is 5.54 Å². The second kappa shape index (κ2) is 5.10. The molecular formula is C15H22ClNO. The van der Waals surface area contributed by atoms with E-state index in [1.54, 1.807) is 7.11 Å². The van der Waals surface area contributed by atoms with Crippen molar-refractivity contribution in [1.29, 1.82) is 0 Å². The molecule has 100 valence electrons. The predicted octanol–water partition coefficient (Wildman–Crippen LogP) is 4.20. The summed E-state index contributed by atoms with van der Waals surface area (Å²) in [7, 11) is 1.67. The Bertz CT molecular complexity index is 436. The van der Waals surface area contributed by atoms with Crippen molar-refractivity contribution in [3.63, 3.8) is 0 Å². The van der Waals surface area contributed by atoms with Gasteiger partial charge in [-0.25, -0.2) is 0 Å². The Labute approximate surface area is 114 Å². The molecule has 1 aliphatic rings. The molecule has 1 aromatic rings. The minimum absolute atomic E-state index is 0.195. The van der Waals surface area contributed by atoms with Crippen molar-refractivity contribution in [2.75, 3.05) is 7.11 Å². The second-order valence-corrected chi connectivity index (χ2v) is 6.01. The highest BCUT2D eigenvalue weighted by molar-refractivity contribution is 6.32. The first-order valence-electron chi connectivity index (χ1n) is 6.65. The zero-order chi connectivity index (χ0) is 13.3. The van der Waals surface area contributed by atoms with Gasteiger partial charge < -0.3 is 10.5 Å². The van der Waals surface area contributed by atoms with Crippen LogP contribution in [0, 0.1) is 0 Å². The molecule has 0 aromatic heterocycles. The number of methoxy groups -OCH3 is 1. The van der Waals surface area contributed by atoms with Crippen LogP contribution in [0.5, 0.6) is 5.75 Å². The van der Waals surface area contributed by atoms with Gasteiger partial charge in [-0.2, -0.15) is 0 Å². The lowest BCUT2D eigenvalue weighted by Crippen LogP contribution is -2.33. The van der Waals surface area contributed by atoms with E-state index in [1.807, 2.05) is 6.07 Å². The van der Waals surface area contributed by atoms with Gasteiger partial charge in [0.1, 0.15) is 5.75 Å². The maximum atomic E-state index is 6.51. The first-order valence-corrected chi connectivity index (χ1v) is 7.02. The summed E-state index contributed by atoms with van der Waals surface area (Å²) < 4.78 is 5.42. The molecule has 0 amide bonds. The molecule has 1 aliphatic carbocycles. The Balaban J connectivity index is 2.50. The van der Waals surface area contributed by atoms with Gasteiger partial charge in [0.15, 0.2) is 0 Å². The molecule has 18 heavy (non-hydrogen) atoms. The van der Waals surface area contributed by atoms with E-state index in [1.165, 1.54) is 12.8 Å². The van der Waals surface area contributed by atoms with Crippen molar-refractivity contribution in [1.82, 2.24) is 0 Å². The van der Waals surface area contributed by atoms with Gasteiger partial charge >= 0.3 is 0 Å². The zero-order valence-corrected chi connectivity index (χ0v) is 12.2. The summed E-state index contributed by atoms with van der Waals surface area (Å²) in [6, 6.07) is 4.16. The van der Waals surface area contributed by atoms with Crippen LogP contribution in [0.3, 0.4) is 0 Å². The Morgan fingerprint density at radius 2 is 1.89 bits per heavy atom. The highest BCUT2D eigenvalue weighted by Gasteiger charge is 2.32. The lowest BCUT2D eigenvalue weighted by Gasteiger charge is -2.26. The van der Waals surface area contributed by atoms with Crippen LogP contribution in [0.25, 0.3) is 0 Å². The lowest BCUT2D eigenvalue weighted by molar-refractivity contribution is 0.405. The van der Waals surface area contributed by atoms with Crippen LogP contribution in [-0.2, 0) is 5.54 Å². The molecule has 3 heteroatoms. The molecule has 0 atom stereocenters. The van der Waals surface area contributed by atoms with Crippen molar-refractivity contribution in [3.05, 3.63) is 28.3 Å². The summed E-state index contributed by atoms with van der Waals surface area (Å²) in [5.74, 6) is 1.17. The van der Waals surface area contributed by atoms with Gasteiger partial charge in [0.05, 0.1) is 12.1 Å². The molecular weight excluding hydrogens is 246 g/mol. The fraction of sp³-hybridized carbons (Fsp3) is 0.600. The molecule has 0 radical (unpaired) electrons. The summed E-state index contributed by atoms with van der Waals surface area (Å²) in [5, 5.41) is 0.676. The number of hydrogen-bond acceptors (Lipinski definition) is 2. The third kappa shape index (κ3) is 2.36. The van der Waals surface area contributed by atoms with Crippen LogP contribution >= 0.6 is 11.6 Å². The van der Waals surface area contributed by atoms with E-state index in [2.05, 4.69) is 19.9 Å². The monoisotopic (exact) mass is 267 g/mol. The molecule has 0 aliphatic heterocycles. The Morgan fingerprint density at radius 3 is 2.39 bits per heavy atom. The van der Waals surface area contributed by atoms with Crippen LogP contribution in [0.15, 0.2) is 12.1 Å². The van der Waals surface area contributed by atoms with E-state index in [9.17, 15) is 0 Å². The van der Waals surface area contributed by atoms with Gasteiger partial charge in [-0.05, 0) is 42.0 Å². The minimum atomic E-state index is -0.195. The molecule has 2 nitrogen and oxygen atoms in total. The van der Waals surface area contributed by atoms with Crippen molar-refractivity contribution >= 4 is 11.6 Å². The number of halogens is 1. The van der Waals surface area contributed by atoms with E-state index < -0.39 is 0 Å². The summed E-state index contributed by atoms with van der Waals surface area (Å²) >= 11 is 6.34. The highest BCUT2D eigenvalue weighted by Crippen LogP contribution is 2.42. The van der Waals surface area contributed by atoms with E-state index in [0.29, 0.717) is 10.9 Å². The Hall–Kier alpha value is -0.730. The van der Waals surface area contributed by atoms with Gasteiger partial charge in [0.2, 0.25) is 0 Å². The van der Waals surface area contributed by atoms with Crippen molar-refractivity contribution < 1.29 is 4.74 Å². The quantitative estimate of drug-likeness (QED) is 0.891. The number of benzene rings is 1. The first kappa shape index (κ1) is 13.7. The molecule has 1 aromatic carbocycles. The maximum absolute atomic E-state index is 6.51. The minimum Gasteiger partial charge on any atom is -0.495 e. The van der Waals surface area contributed by atoms with Gasteiger partial charge in [-0.15, -0.1) is 0 Å². The highest BCUT2D eigenvalue weighted by atomic mass is 35.5. The predicted molar refractivity (Wildman–Crippen MR) is 76.4 cm³/mol. The largest absolute Gasteiger partial charge is 0.495 e. The SMILES string of the molecule is COc1c(Cl)cc(C2(N)CCCC2)cc1C(C)C. The third-order valence-electron chi connectivity index (χ3n) is 3.97. The average Bonchev–Trinajstić information content (AvgIpc) is 2.76. The van der Waals surface area contributed by atoms with Crippen molar-refractivity contribution in [2.45, 2.75) is 51.0 Å². The third-order valence-corrected chi connectivity index (χ3v) is 4.25. The molecule has 1 saturated carbocycles. The van der Waals surface area contributed by atoms with Crippen molar-refractivity contribution in [3.8, 4) is 5.75 Å². The number of ether oxygens (including phenoxy) is 1. The maximum Gasteiger partial charge on any atom is 0.140 e. The van der Waals surface area contributed by atoms with Crippen LogP contribution < -0.4 is 10.5 Å². The van der Waals surface area contributed by atoms with Gasteiger partial charge in [-0.1, -0.05) is 38.3 Å². The summed E-state index contributed by atoms with van der Waals surface area (Å²) in [4.78, 5) is 0. The average molecular weight is 268 g/mol. The summed E-state index contributed by atoms with van der Waals surface area (Å²) in [6.07, 6.45) is 4.51. The molecule has 0 spiro atoms. The number of rotatable bonds is 3. The molecule has 0 heterocycles.